The van der Waals surface area contributed by atoms with E-state index in [1.54, 1.807) is 0 Å². The molecule has 1 aromatic carbocycles. The highest BCUT2D eigenvalue weighted by atomic mass is 16.5. The first-order chi connectivity index (χ1) is 12.2. The number of carbonyl (C=O) groups is 1. The molecule has 3 N–H and O–H groups in total. The first kappa shape index (κ1) is 19.2. The third-order valence-electron chi connectivity index (χ3n) is 4.02. The minimum Gasteiger partial charge on any atom is -0.379 e. The lowest BCUT2D eigenvalue weighted by atomic mass is 10.2. The van der Waals surface area contributed by atoms with Crippen LogP contribution >= 0.6 is 0 Å². The molecular weight excluding hydrogens is 318 g/mol. The molecule has 1 saturated heterocycles. The van der Waals surface area contributed by atoms with Crippen molar-refractivity contribution in [3.8, 4) is 0 Å². The van der Waals surface area contributed by atoms with E-state index in [0.717, 1.165) is 45.1 Å². The second-order valence-electron chi connectivity index (χ2n) is 5.99. The molecule has 1 aliphatic rings. The molecule has 0 aromatic heterocycles. The van der Waals surface area contributed by atoms with Crippen molar-refractivity contribution in [1.82, 2.24) is 15.5 Å². The quantitative estimate of drug-likeness (QED) is 0.505. The van der Waals surface area contributed by atoms with Crippen LogP contribution in [0.3, 0.4) is 0 Å². The van der Waals surface area contributed by atoms with Crippen LogP contribution in [0.4, 0.5) is 5.69 Å². The summed E-state index contributed by atoms with van der Waals surface area (Å²) in [7, 11) is 0. The van der Waals surface area contributed by atoms with Gasteiger partial charge in [-0.15, -0.1) is 0 Å². The molecule has 1 heterocycles. The van der Waals surface area contributed by atoms with Gasteiger partial charge in [0.2, 0.25) is 5.91 Å². The van der Waals surface area contributed by atoms with E-state index in [0.29, 0.717) is 12.0 Å². The van der Waals surface area contributed by atoms with E-state index in [-0.39, 0.29) is 12.5 Å². The molecule has 7 heteroatoms. The van der Waals surface area contributed by atoms with Crippen LogP contribution in [0.1, 0.15) is 13.8 Å². The Bertz CT molecular complexity index is 544. The average Bonchev–Trinajstić information content (AvgIpc) is 2.65. The van der Waals surface area contributed by atoms with Crippen molar-refractivity contribution in [1.29, 1.82) is 0 Å². The lowest BCUT2D eigenvalue weighted by Gasteiger charge is -2.32. The van der Waals surface area contributed by atoms with E-state index in [1.807, 2.05) is 37.3 Å². The highest BCUT2D eigenvalue weighted by Gasteiger charge is 2.17. The summed E-state index contributed by atoms with van der Waals surface area (Å²) in [4.78, 5) is 18.8. The van der Waals surface area contributed by atoms with Gasteiger partial charge in [-0.1, -0.05) is 18.2 Å². The Labute approximate surface area is 149 Å². The molecule has 0 saturated carbocycles. The molecule has 0 aliphatic carbocycles. The minimum atomic E-state index is -0.135. The fourth-order valence-electron chi connectivity index (χ4n) is 2.61. The van der Waals surface area contributed by atoms with Gasteiger partial charge in [0.1, 0.15) is 6.54 Å². The number of benzene rings is 1. The van der Waals surface area contributed by atoms with Crippen LogP contribution in [-0.2, 0) is 9.53 Å². The molecule has 0 bridgehead atoms. The molecule has 25 heavy (non-hydrogen) atoms. The van der Waals surface area contributed by atoms with Gasteiger partial charge in [-0.05, 0) is 26.0 Å². The summed E-state index contributed by atoms with van der Waals surface area (Å²) in [5.74, 6) is 0.524. The largest absolute Gasteiger partial charge is 0.379 e. The smallest absolute Gasteiger partial charge is 0.246 e. The van der Waals surface area contributed by atoms with E-state index in [1.165, 1.54) is 0 Å². The number of rotatable bonds is 7. The van der Waals surface area contributed by atoms with Crippen LogP contribution in [-0.4, -0.2) is 68.7 Å². The number of morpholine rings is 1. The summed E-state index contributed by atoms with van der Waals surface area (Å²) in [6, 6.07) is 9.78. The highest BCUT2D eigenvalue weighted by molar-refractivity contribution is 5.94. The number of guanidine groups is 1. The Morgan fingerprint density at radius 1 is 1.24 bits per heavy atom. The van der Waals surface area contributed by atoms with Crippen LogP contribution in [0.25, 0.3) is 0 Å². The summed E-state index contributed by atoms with van der Waals surface area (Å²) in [5.41, 5.74) is 0.779. The molecule has 1 amide bonds. The summed E-state index contributed by atoms with van der Waals surface area (Å²) in [5, 5.41) is 9.32. The van der Waals surface area contributed by atoms with Gasteiger partial charge in [0.15, 0.2) is 5.96 Å². The maximum absolute atomic E-state index is 12.0. The third kappa shape index (κ3) is 7.11. The van der Waals surface area contributed by atoms with Gasteiger partial charge >= 0.3 is 0 Å². The maximum Gasteiger partial charge on any atom is 0.246 e. The SMILES string of the molecule is CCNC(=NCC(=O)Nc1ccccc1)NCC(C)N1CCOCC1. The number of carbonyl (C=O) groups excluding carboxylic acids is 1. The van der Waals surface area contributed by atoms with Crippen LogP contribution in [0, 0.1) is 0 Å². The Kier molecular flexibility index (Phi) is 8.21. The van der Waals surface area contributed by atoms with Crippen LogP contribution in [0.2, 0.25) is 0 Å². The van der Waals surface area contributed by atoms with Crippen LogP contribution in [0.5, 0.6) is 0 Å². The third-order valence-corrected chi connectivity index (χ3v) is 4.02. The van der Waals surface area contributed by atoms with E-state index >= 15 is 0 Å². The number of para-hydroxylation sites is 1. The Morgan fingerprint density at radius 3 is 2.64 bits per heavy atom. The standard InChI is InChI=1S/C18H29N5O2/c1-3-19-18(20-13-15(2)23-9-11-25-12-10-23)21-14-17(24)22-16-7-5-4-6-8-16/h4-8,15H,3,9-14H2,1-2H3,(H,22,24)(H2,19,20,21). The monoisotopic (exact) mass is 347 g/mol. The van der Waals surface area contributed by atoms with Crippen LogP contribution < -0.4 is 16.0 Å². The molecule has 1 aliphatic heterocycles. The molecule has 2 rings (SSSR count). The van der Waals surface area contributed by atoms with Crippen molar-refractivity contribution in [3.63, 3.8) is 0 Å². The first-order valence-electron chi connectivity index (χ1n) is 8.88. The predicted octanol–water partition coefficient (Wildman–Crippen LogP) is 0.901. The molecular formula is C18H29N5O2. The van der Waals surface area contributed by atoms with Gasteiger partial charge in [0.05, 0.1) is 13.2 Å². The molecule has 0 radical (unpaired) electrons. The molecule has 1 atom stereocenters. The van der Waals surface area contributed by atoms with E-state index in [4.69, 9.17) is 4.74 Å². The fourth-order valence-corrected chi connectivity index (χ4v) is 2.61. The van der Waals surface area contributed by atoms with Crippen molar-refractivity contribution in [3.05, 3.63) is 30.3 Å². The first-order valence-corrected chi connectivity index (χ1v) is 8.88. The highest BCUT2D eigenvalue weighted by Crippen LogP contribution is 2.04. The van der Waals surface area contributed by atoms with E-state index in [9.17, 15) is 4.79 Å². The normalized spacial score (nSPS) is 17.0. The van der Waals surface area contributed by atoms with Gasteiger partial charge in [0, 0.05) is 37.9 Å². The molecule has 1 aromatic rings. The molecule has 1 unspecified atom stereocenters. The zero-order valence-corrected chi connectivity index (χ0v) is 15.1. The topological polar surface area (TPSA) is 78.0 Å². The van der Waals surface area contributed by atoms with Gasteiger partial charge in [-0.2, -0.15) is 0 Å². The fraction of sp³-hybridized carbons (Fsp3) is 0.556. The summed E-state index contributed by atoms with van der Waals surface area (Å²) < 4.78 is 5.39. The number of nitrogens with zero attached hydrogens (tertiary/aromatic N) is 2. The number of nitrogens with one attached hydrogen (secondary N) is 3. The zero-order chi connectivity index (χ0) is 17.9. The molecule has 1 fully saturated rings. The van der Waals surface area contributed by atoms with Crippen molar-refractivity contribution in [2.75, 3.05) is 51.3 Å². The zero-order valence-electron chi connectivity index (χ0n) is 15.1. The van der Waals surface area contributed by atoms with Crippen molar-refractivity contribution < 1.29 is 9.53 Å². The van der Waals surface area contributed by atoms with E-state index < -0.39 is 0 Å². The number of anilines is 1. The Balaban J connectivity index is 1.79. The maximum atomic E-state index is 12.0. The number of hydrogen-bond acceptors (Lipinski definition) is 4. The van der Waals surface area contributed by atoms with Crippen molar-refractivity contribution >= 4 is 17.6 Å². The van der Waals surface area contributed by atoms with Crippen molar-refractivity contribution in [2.24, 2.45) is 4.99 Å². The second-order valence-corrected chi connectivity index (χ2v) is 5.99. The molecule has 7 nitrogen and oxygen atoms in total. The van der Waals surface area contributed by atoms with Gasteiger partial charge in [-0.3, -0.25) is 9.69 Å². The average molecular weight is 347 g/mol. The Hall–Kier alpha value is -2.12. The number of ether oxygens (including phenoxy) is 1. The summed E-state index contributed by atoms with van der Waals surface area (Å²) >= 11 is 0. The lowest BCUT2D eigenvalue weighted by Crippen LogP contribution is -2.49. The lowest BCUT2D eigenvalue weighted by molar-refractivity contribution is -0.114. The number of amides is 1. The van der Waals surface area contributed by atoms with Gasteiger partial charge < -0.3 is 20.7 Å². The van der Waals surface area contributed by atoms with E-state index in [2.05, 4.69) is 32.8 Å². The van der Waals surface area contributed by atoms with Gasteiger partial charge in [-0.25, -0.2) is 4.99 Å². The van der Waals surface area contributed by atoms with Gasteiger partial charge in [0.25, 0.3) is 0 Å². The summed E-state index contributed by atoms with van der Waals surface area (Å²) in [6.45, 7) is 9.28. The molecule has 0 spiro atoms. The second kappa shape index (κ2) is 10.7. The molecule has 138 valence electrons. The predicted molar refractivity (Wildman–Crippen MR) is 101 cm³/mol. The summed E-state index contributed by atoms with van der Waals surface area (Å²) in [6.07, 6.45) is 0. The Morgan fingerprint density at radius 2 is 1.96 bits per heavy atom. The van der Waals surface area contributed by atoms with Crippen molar-refractivity contribution in [2.45, 2.75) is 19.9 Å². The number of aliphatic imine (C=N–C) groups is 1. The number of hydrogen-bond donors (Lipinski definition) is 3. The van der Waals surface area contributed by atoms with Crippen LogP contribution in [0.15, 0.2) is 35.3 Å². The minimum absolute atomic E-state index is 0.0795.